The molecule has 0 N–H and O–H groups in total. The average Bonchev–Trinajstić information content (AvgIpc) is 3.79. The highest BCUT2D eigenvalue weighted by Gasteiger charge is 2.59. The fraction of sp³-hybridized carbons (Fsp3) is 0.625. The minimum atomic E-state index is -0.631. The molecule has 0 amide bonds. The van der Waals surface area contributed by atoms with Crippen molar-refractivity contribution in [2.75, 3.05) is 7.11 Å². The molecule has 4 saturated carbocycles. The summed E-state index contributed by atoms with van der Waals surface area (Å²) in [4.78, 5) is 55.7. The predicted molar refractivity (Wildman–Crippen MR) is 216 cm³/mol. The van der Waals surface area contributed by atoms with Gasteiger partial charge in [0.1, 0.15) is 41.1 Å². The zero-order valence-corrected chi connectivity index (χ0v) is 34.4. The van der Waals surface area contributed by atoms with Crippen LogP contribution in [0.25, 0.3) is 16.3 Å². The monoisotopic (exact) mass is 750 g/mol. The second-order valence-electron chi connectivity index (χ2n) is 19.3. The maximum absolute atomic E-state index is 14.9. The number of esters is 1. The molecule has 7 heteroatoms. The number of hydrogen-bond donors (Lipinski definition) is 0. The summed E-state index contributed by atoms with van der Waals surface area (Å²) in [5.41, 5.74) is 2.48. The molecule has 5 aliphatic carbocycles. The van der Waals surface area contributed by atoms with Gasteiger partial charge in [0, 0.05) is 35.0 Å². The van der Waals surface area contributed by atoms with Gasteiger partial charge < -0.3 is 14.2 Å². The van der Waals surface area contributed by atoms with E-state index in [9.17, 15) is 19.2 Å². The van der Waals surface area contributed by atoms with Crippen molar-refractivity contribution >= 4 is 39.7 Å². The molecule has 2 aromatic rings. The highest BCUT2D eigenvalue weighted by atomic mass is 16.5. The van der Waals surface area contributed by atoms with Crippen LogP contribution in [0, 0.1) is 52.3 Å². The van der Waals surface area contributed by atoms with E-state index >= 15 is 0 Å². The molecule has 8 atom stereocenters. The van der Waals surface area contributed by atoms with E-state index in [1.807, 2.05) is 39.0 Å². The molecule has 0 heterocycles. The van der Waals surface area contributed by atoms with Gasteiger partial charge in [-0.15, -0.1) is 0 Å². The Labute approximate surface area is 328 Å². The second kappa shape index (κ2) is 15.3. The molecule has 0 radical (unpaired) electrons. The first kappa shape index (κ1) is 39.5. The molecule has 2 aromatic carbocycles. The molecule has 296 valence electrons. The number of allylic oxidation sites excluding steroid dienone is 4. The molecule has 7 rings (SSSR count). The topological polar surface area (TPSA) is 96.0 Å². The van der Waals surface area contributed by atoms with Crippen molar-refractivity contribution in [3.05, 3.63) is 53.6 Å². The van der Waals surface area contributed by atoms with Crippen molar-refractivity contribution < 1.29 is 33.4 Å². The van der Waals surface area contributed by atoms with E-state index in [2.05, 4.69) is 45.1 Å². The number of benzene rings is 2. The van der Waals surface area contributed by atoms with E-state index < -0.39 is 34.7 Å². The molecular weight excluding hydrogens is 689 g/mol. The highest BCUT2D eigenvalue weighted by molar-refractivity contribution is 5.97. The van der Waals surface area contributed by atoms with Crippen LogP contribution in [-0.4, -0.2) is 42.6 Å². The summed E-state index contributed by atoms with van der Waals surface area (Å²) in [5.74, 6) is 1.43. The summed E-state index contributed by atoms with van der Waals surface area (Å²) in [5, 5.41) is 1.93. The third kappa shape index (κ3) is 8.37. The molecular formula is C48H62O7. The lowest BCUT2D eigenvalue weighted by atomic mass is 9.70. The number of methoxy groups -OCH3 is 1. The summed E-state index contributed by atoms with van der Waals surface area (Å²) in [6, 6.07) is 10.3. The molecule has 0 aliphatic heterocycles. The van der Waals surface area contributed by atoms with Crippen molar-refractivity contribution in [2.45, 2.75) is 131 Å². The van der Waals surface area contributed by atoms with Gasteiger partial charge in [-0.3, -0.25) is 19.2 Å². The fourth-order valence-corrected chi connectivity index (χ4v) is 10.5. The Balaban J connectivity index is 1.18. The average molecular weight is 751 g/mol. The molecule has 7 nitrogen and oxygen atoms in total. The Morgan fingerprint density at radius 1 is 0.927 bits per heavy atom. The van der Waals surface area contributed by atoms with Crippen molar-refractivity contribution in [1.82, 2.24) is 0 Å². The van der Waals surface area contributed by atoms with Gasteiger partial charge in [0.05, 0.1) is 13.5 Å². The molecule has 4 fully saturated rings. The van der Waals surface area contributed by atoms with E-state index in [0.717, 1.165) is 66.2 Å². The molecule has 0 bridgehead atoms. The smallest absolute Gasteiger partial charge is 0.306 e. The largest absolute Gasteiger partial charge is 0.497 e. The van der Waals surface area contributed by atoms with Crippen LogP contribution in [0.3, 0.4) is 0 Å². The highest BCUT2D eigenvalue weighted by Crippen LogP contribution is 2.59. The first-order valence-electron chi connectivity index (χ1n) is 21.0. The normalized spacial score (nSPS) is 30.1. The maximum Gasteiger partial charge on any atom is 0.306 e. The number of carbonyl (C=O) groups excluding carboxylic acids is 4. The number of carbonyl (C=O) groups is 4. The SMILES string of the molecule is CCC1CC1(CC(=O)C1CC(Oc2cc(C3=CCC(CC(C)C)=C3)cc3cc(OC)ccc23)CC1C(=O)C(CC(=O)OC1CC2CC2C1)C(C)(C)C)C(C)=O. The second-order valence-corrected chi connectivity index (χ2v) is 19.3. The first-order chi connectivity index (χ1) is 26.1. The number of hydrogen-bond acceptors (Lipinski definition) is 7. The van der Waals surface area contributed by atoms with Crippen LogP contribution < -0.4 is 9.47 Å². The first-order valence-corrected chi connectivity index (χ1v) is 21.0. The van der Waals surface area contributed by atoms with Gasteiger partial charge in [0.15, 0.2) is 0 Å². The van der Waals surface area contributed by atoms with E-state index in [1.165, 1.54) is 12.0 Å². The summed E-state index contributed by atoms with van der Waals surface area (Å²) >= 11 is 0. The number of fused-ring (bicyclic) bond motifs is 2. The van der Waals surface area contributed by atoms with E-state index in [4.69, 9.17) is 14.2 Å². The Hall–Kier alpha value is -3.74. The van der Waals surface area contributed by atoms with Crippen molar-refractivity contribution in [3.8, 4) is 11.5 Å². The van der Waals surface area contributed by atoms with Gasteiger partial charge in [-0.05, 0) is 134 Å². The van der Waals surface area contributed by atoms with Gasteiger partial charge >= 0.3 is 5.97 Å². The molecule has 0 aromatic heterocycles. The van der Waals surface area contributed by atoms with Gasteiger partial charge in [-0.2, -0.15) is 0 Å². The number of Topliss-reactive ketones (excluding diaryl/α,β-unsaturated/α-hetero) is 3. The summed E-state index contributed by atoms with van der Waals surface area (Å²) in [7, 11) is 1.66. The lowest BCUT2D eigenvalue weighted by Gasteiger charge is -2.32. The number of ether oxygens (including phenoxy) is 3. The van der Waals surface area contributed by atoms with Crippen LogP contribution in [0.4, 0.5) is 0 Å². The molecule has 8 unspecified atom stereocenters. The third-order valence-electron chi connectivity index (χ3n) is 13.8. The van der Waals surface area contributed by atoms with Crippen LogP contribution in [0.15, 0.2) is 48.1 Å². The van der Waals surface area contributed by atoms with Crippen LogP contribution in [0.5, 0.6) is 11.5 Å². The zero-order valence-electron chi connectivity index (χ0n) is 34.4. The van der Waals surface area contributed by atoms with Gasteiger partial charge in [-0.25, -0.2) is 0 Å². The lowest BCUT2D eigenvalue weighted by Crippen LogP contribution is -2.39. The Kier molecular flexibility index (Phi) is 11.0. The lowest BCUT2D eigenvalue weighted by molar-refractivity contribution is -0.154. The van der Waals surface area contributed by atoms with Crippen molar-refractivity contribution in [2.24, 2.45) is 52.3 Å². The molecule has 5 aliphatic rings. The van der Waals surface area contributed by atoms with Gasteiger partial charge in [0.2, 0.25) is 0 Å². The maximum atomic E-state index is 14.9. The standard InChI is InChI=1S/C48H62O7/c1-9-35-25-48(35,28(4)49)26-43(50)40-22-38(23-41(40)46(52)42(47(5,6)7)24-45(51)55-37-18-31-16-32(31)19-37)54-44-21-33(30-11-10-29(15-30)14-27(2)3)17-34-20-36(53-8)12-13-39(34)44/h11-13,15,17,20-21,27,31-32,35,37-38,40-42H,9-10,14,16,18-19,22-26H2,1-8H3. The summed E-state index contributed by atoms with van der Waals surface area (Å²) < 4.78 is 18.5. The predicted octanol–water partition coefficient (Wildman–Crippen LogP) is 10.3. The Morgan fingerprint density at radius 2 is 1.65 bits per heavy atom. The number of rotatable bonds is 16. The Bertz CT molecular complexity index is 1900. The summed E-state index contributed by atoms with van der Waals surface area (Å²) in [6.07, 6.45) is 11.7. The molecule has 55 heavy (non-hydrogen) atoms. The van der Waals surface area contributed by atoms with Crippen LogP contribution in [0.2, 0.25) is 0 Å². The molecule has 0 spiro atoms. The Morgan fingerprint density at radius 3 is 2.29 bits per heavy atom. The zero-order chi connectivity index (χ0) is 39.4. The molecule has 0 saturated heterocycles. The summed E-state index contributed by atoms with van der Waals surface area (Å²) in [6.45, 7) is 14.2. The van der Waals surface area contributed by atoms with Crippen LogP contribution in [0.1, 0.15) is 125 Å². The van der Waals surface area contributed by atoms with Crippen molar-refractivity contribution in [1.29, 1.82) is 0 Å². The van der Waals surface area contributed by atoms with Crippen molar-refractivity contribution in [3.63, 3.8) is 0 Å². The van der Waals surface area contributed by atoms with Crippen LogP contribution >= 0.6 is 0 Å². The third-order valence-corrected chi connectivity index (χ3v) is 13.8. The van der Waals surface area contributed by atoms with E-state index in [1.54, 1.807) is 14.0 Å². The minimum Gasteiger partial charge on any atom is -0.497 e. The number of ketones is 3. The van der Waals surface area contributed by atoms with E-state index in [0.29, 0.717) is 36.3 Å². The quantitative estimate of drug-likeness (QED) is 0.158. The van der Waals surface area contributed by atoms with Gasteiger partial charge in [0.25, 0.3) is 0 Å². The van der Waals surface area contributed by atoms with Crippen LogP contribution in [-0.2, 0) is 23.9 Å². The van der Waals surface area contributed by atoms with E-state index in [-0.39, 0.29) is 48.2 Å². The van der Waals surface area contributed by atoms with Gasteiger partial charge in [-0.1, -0.05) is 65.7 Å². The minimum absolute atomic E-state index is 0.00232. The fourth-order valence-electron chi connectivity index (χ4n) is 10.5.